The molecule has 0 spiro atoms. The summed E-state index contributed by atoms with van der Waals surface area (Å²) in [7, 11) is 1.60. The molecule has 1 heterocycles. The summed E-state index contributed by atoms with van der Waals surface area (Å²) in [6.45, 7) is 7.90. The van der Waals surface area contributed by atoms with Crippen LogP contribution in [0.15, 0.2) is 48.5 Å². The van der Waals surface area contributed by atoms with Crippen LogP contribution in [0.2, 0.25) is 0 Å². The van der Waals surface area contributed by atoms with Crippen LogP contribution in [0.5, 0.6) is 11.5 Å². The third-order valence-corrected chi connectivity index (χ3v) is 4.67. The summed E-state index contributed by atoms with van der Waals surface area (Å²) in [6.07, 6.45) is 0. The van der Waals surface area contributed by atoms with Crippen molar-refractivity contribution >= 4 is 11.6 Å². The molecule has 0 bridgehead atoms. The lowest BCUT2D eigenvalue weighted by Crippen LogP contribution is -2.48. The zero-order chi connectivity index (χ0) is 19.2. The van der Waals surface area contributed by atoms with Crippen LogP contribution in [0.1, 0.15) is 24.2 Å². The Balaban J connectivity index is 1.64. The maximum Gasteiger partial charge on any atom is 0.254 e. The van der Waals surface area contributed by atoms with Crippen LogP contribution in [0.3, 0.4) is 0 Å². The molecule has 1 aliphatic heterocycles. The monoisotopic (exact) mass is 368 g/mol. The van der Waals surface area contributed by atoms with E-state index in [4.69, 9.17) is 9.47 Å². The molecule has 2 aromatic rings. The van der Waals surface area contributed by atoms with Crippen LogP contribution < -0.4 is 14.4 Å². The number of methoxy groups -OCH3 is 1. The molecular weight excluding hydrogens is 340 g/mol. The van der Waals surface area contributed by atoms with E-state index in [2.05, 4.69) is 30.9 Å². The van der Waals surface area contributed by atoms with Crippen LogP contribution in [0.4, 0.5) is 5.69 Å². The van der Waals surface area contributed by atoms with Gasteiger partial charge in [0.05, 0.1) is 13.7 Å². The Morgan fingerprint density at radius 2 is 1.70 bits per heavy atom. The maximum atomic E-state index is 12.9. The Labute approximate surface area is 161 Å². The molecule has 0 unspecified atom stereocenters. The highest BCUT2D eigenvalue weighted by Crippen LogP contribution is 2.29. The lowest BCUT2D eigenvalue weighted by Gasteiger charge is -2.36. The molecule has 0 aromatic heterocycles. The SMILES string of the molecule is COc1cc(C(=O)N2CCN(c3ccccc3)CC2)ccc1OCC(C)C. The third-order valence-electron chi connectivity index (χ3n) is 4.67. The smallest absolute Gasteiger partial charge is 0.254 e. The van der Waals surface area contributed by atoms with Crippen LogP contribution in [-0.4, -0.2) is 50.7 Å². The molecule has 1 amide bonds. The fraction of sp³-hybridized carbons (Fsp3) is 0.409. The van der Waals surface area contributed by atoms with Gasteiger partial charge in [-0.1, -0.05) is 32.0 Å². The summed E-state index contributed by atoms with van der Waals surface area (Å²) >= 11 is 0. The molecule has 1 saturated heterocycles. The summed E-state index contributed by atoms with van der Waals surface area (Å²) in [6, 6.07) is 15.8. The van der Waals surface area contributed by atoms with E-state index < -0.39 is 0 Å². The molecule has 1 fully saturated rings. The summed E-state index contributed by atoms with van der Waals surface area (Å²) in [5.41, 5.74) is 1.84. The maximum absolute atomic E-state index is 12.9. The normalized spacial score (nSPS) is 14.4. The first-order chi connectivity index (χ1) is 13.1. The van der Waals surface area contributed by atoms with E-state index >= 15 is 0 Å². The van der Waals surface area contributed by atoms with Crippen LogP contribution in [-0.2, 0) is 0 Å². The van der Waals surface area contributed by atoms with E-state index in [0.29, 0.717) is 42.7 Å². The first-order valence-electron chi connectivity index (χ1n) is 9.48. The number of rotatable bonds is 6. The zero-order valence-electron chi connectivity index (χ0n) is 16.4. The summed E-state index contributed by atoms with van der Waals surface area (Å²) in [5.74, 6) is 1.74. The number of hydrogen-bond donors (Lipinski definition) is 0. The van der Waals surface area contributed by atoms with Crippen molar-refractivity contribution in [1.82, 2.24) is 4.90 Å². The minimum atomic E-state index is 0.0384. The number of benzene rings is 2. The van der Waals surface area contributed by atoms with Gasteiger partial charge in [0, 0.05) is 37.4 Å². The summed E-state index contributed by atoms with van der Waals surface area (Å²) in [5, 5.41) is 0. The van der Waals surface area contributed by atoms with Crippen LogP contribution in [0, 0.1) is 5.92 Å². The zero-order valence-corrected chi connectivity index (χ0v) is 16.4. The van der Waals surface area contributed by atoms with Gasteiger partial charge in [-0.3, -0.25) is 4.79 Å². The Bertz CT molecular complexity index is 753. The average Bonchev–Trinajstić information content (AvgIpc) is 2.72. The highest BCUT2D eigenvalue weighted by Gasteiger charge is 2.23. The first kappa shape index (κ1) is 19.1. The predicted octanol–water partition coefficient (Wildman–Crippen LogP) is 3.69. The minimum Gasteiger partial charge on any atom is -0.493 e. The van der Waals surface area contributed by atoms with Gasteiger partial charge >= 0.3 is 0 Å². The van der Waals surface area contributed by atoms with Gasteiger partial charge in [-0.25, -0.2) is 0 Å². The second kappa shape index (κ2) is 8.80. The fourth-order valence-electron chi connectivity index (χ4n) is 3.17. The molecule has 0 N–H and O–H groups in total. The molecule has 0 atom stereocenters. The van der Waals surface area contributed by atoms with E-state index in [1.54, 1.807) is 13.2 Å². The minimum absolute atomic E-state index is 0.0384. The highest BCUT2D eigenvalue weighted by molar-refractivity contribution is 5.95. The van der Waals surface area contributed by atoms with Gasteiger partial charge in [-0.2, -0.15) is 0 Å². The number of carbonyl (C=O) groups excluding carboxylic acids is 1. The number of ether oxygens (including phenoxy) is 2. The van der Waals surface area contributed by atoms with Gasteiger partial charge in [0.25, 0.3) is 5.91 Å². The number of para-hydroxylation sites is 1. The van der Waals surface area contributed by atoms with Crippen molar-refractivity contribution in [3.63, 3.8) is 0 Å². The van der Waals surface area contributed by atoms with Gasteiger partial charge < -0.3 is 19.3 Å². The summed E-state index contributed by atoms with van der Waals surface area (Å²) in [4.78, 5) is 17.1. The van der Waals surface area contributed by atoms with Gasteiger partial charge in [0.15, 0.2) is 11.5 Å². The quantitative estimate of drug-likeness (QED) is 0.780. The van der Waals surface area contributed by atoms with Gasteiger partial charge in [0.1, 0.15) is 0 Å². The third kappa shape index (κ3) is 4.73. The Kier molecular flexibility index (Phi) is 6.22. The first-order valence-corrected chi connectivity index (χ1v) is 9.48. The van der Waals surface area contributed by atoms with E-state index in [-0.39, 0.29) is 5.91 Å². The lowest BCUT2D eigenvalue weighted by atomic mass is 10.1. The lowest BCUT2D eigenvalue weighted by molar-refractivity contribution is 0.0746. The highest BCUT2D eigenvalue weighted by atomic mass is 16.5. The van der Waals surface area contributed by atoms with E-state index in [1.807, 2.05) is 35.2 Å². The van der Waals surface area contributed by atoms with Crippen LogP contribution in [0.25, 0.3) is 0 Å². The second-order valence-corrected chi connectivity index (χ2v) is 7.19. The summed E-state index contributed by atoms with van der Waals surface area (Å²) < 4.78 is 11.2. The molecule has 0 aliphatic carbocycles. The molecular formula is C22H28N2O3. The van der Waals surface area contributed by atoms with Crippen molar-refractivity contribution in [1.29, 1.82) is 0 Å². The molecule has 1 aliphatic rings. The number of anilines is 1. The Morgan fingerprint density at radius 1 is 1.00 bits per heavy atom. The van der Waals surface area contributed by atoms with Gasteiger partial charge in [-0.15, -0.1) is 0 Å². The molecule has 0 saturated carbocycles. The molecule has 3 rings (SSSR count). The largest absolute Gasteiger partial charge is 0.493 e. The van der Waals surface area contributed by atoms with Crippen molar-refractivity contribution in [2.75, 3.05) is 44.8 Å². The van der Waals surface area contributed by atoms with Gasteiger partial charge in [0.2, 0.25) is 0 Å². The predicted molar refractivity (Wildman–Crippen MR) is 108 cm³/mol. The van der Waals surface area contributed by atoms with Crippen molar-refractivity contribution in [3.05, 3.63) is 54.1 Å². The average molecular weight is 368 g/mol. The van der Waals surface area contributed by atoms with Gasteiger partial charge in [-0.05, 0) is 36.2 Å². The molecule has 27 heavy (non-hydrogen) atoms. The van der Waals surface area contributed by atoms with E-state index in [9.17, 15) is 4.79 Å². The topological polar surface area (TPSA) is 42.0 Å². The number of carbonyl (C=O) groups is 1. The van der Waals surface area contributed by atoms with E-state index in [1.165, 1.54) is 5.69 Å². The second-order valence-electron chi connectivity index (χ2n) is 7.19. The Morgan fingerprint density at radius 3 is 2.33 bits per heavy atom. The van der Waals surface area contributed by atoms with Crippen molar-refractivity contribution in [2.45, 2.75) is 13.8 Å². The van der Waals surface area contributed by atoms with Crippen molar-refractivity contribution in [2.24, 2.45) is 5.92 Å². The standard InChI is InChI=1S/C22H28N2O3/c1-17(2)16-27-20-10-9-18(15-21(20)26-3)22(25)24-13-11-23(12-14-24)19-7-5-4-6-8-19/h4-10,15,17H,11-14,16H2,1-3H3. The molecule has 5 heteroatoms. The molecule has 144 valence electrons. The fourth-order valence-corrected chi connectivity index (χ4v) is 3.17. The van der Waals surface area contributed by atoms with Crippen molar-refractivity contribution < 1.29 is 14.3 Å². The molecule has 0 radical (unpaired) electrons. The number of hydrogen-bond acceptors (Lipinski definition) is 4. The van der Waals surface area contributed by atoms with E-state index in [0.717, 1.165) is 13.1 Å². The van der Waals surface area contributed by atoms with Crippen molar-refractivity contribution in [3.8, 4) is 11.5 Å². The number of piperazine rings is 1. The van der Waals surface area contributed by atoms with Crippen LogP contribution >= 0.6 is 0 Å². The number of nitrogens with zero attached hydrogens (tertiary/aromatic N) is 2. The number of amides is 1. The Hall–Kier alpha value is -2.69. The molecule has 5 nitrogen and oxygen atoms in total. The molecule has 2 aromatic carbocycles.